The highest BCUT2D eigenvalue weighted by Crippen LogP contribution is 2.21. The van der Waals surface area contributed by atoms with Crippen LogP contribution < -0.4 is 5.73 Å². The first-order valence-electron chi connectivity index (χ1n) is 6.96. The van der Waals surface area contributed by atoms with Gasteiger partial charge in [0.25, 0.3) is 0 Å². The molecule has 1 aliphatic heterocycles. The van der Waals surface area contributed by atoms with Crippen LogP contribution >= 0.6 is 0 Å². The van der Waals surface area contributed by atoms with Gasteiger partial charge in [-0.05, 0) is 25.2 Å². The summed E-state index contributed by atoms with van der Waals surface area (Å²) < 4.78 is 1.84. The quantitative estimate of drug-likeness (QED) is 0.874. The minimum absolute atomic E-state index is 0.0681. The zero-order valence-electron chi connectivity index (χ0n) is 11.7. The first-order valence-corrected chi connectivity index (χ1v) is 6.96. The van der Waals surface area contributed by atoms with Crippen molar-refractivity contribution in [2.45, 2.75) is 45.2 Å². The Hall–Kier alpha value is -1.43. The SMILES string of the molecule is CC(C)C[C@H](N)C(=O)N1CCCC(n2cncn2)C1. The number of nitrogens with two attached hydrogens (primary N) is 1. The minimum atomic E-state index is -0.380. The molecule has 0 radical (unpaired) electrons. The van der Waals surface area contributed by atoms with Crippen molar-refractivity contribution < 1.29 is 4.79 Å². The lowest BCUT2D eigenvalue weighted by molar-refractivity contribution is -0.134. The summed E-state index contributed by atoms with van der Waals surface area (Å²) >= 11 is 0. The van der Waals surface area contributed by atoms with Crippen LogP contribution in [0.1, 0.15) is 39.2 Å². The van der Waals surface area contributed by atoms with Gasteiger partial charge in [-0.1, -0.05) is 13.8 Å². The predicted octanol–water partition coefficient (Wildman–Crippen LogP) is 0.815. The molecule has 1 amide bonds. The lowest BCUT2D eigenvalue weighted by Gasteiger charge is -2.34. The normalized spacial score (nSPS) is 21.7. The summed E-state index contributed by atoms with van der Waals surface area (Å²) in [4.78, 5) is 18.1. The summed E-state index contributed by atoms with van der Waals surface area (Å²) in [5, 5.41) is 4.16. The van der Waals surface area contributed by atoms with E-state index in [4.69, 9.17) is 5.73 Å². The molecule has 1 fully saturated rings. The first-order chi connectivity index (χ1) is 9.08. The maximum atomic E-state index is 12.3. The van der Waals surface area contributed by atoms with Crippen LogP contribution in [0.4, 0.5) is 0 Å². The Bertz CT molecular complexity index is 403. The van der Waals surface area contributed by atoms with Crippen molar-refractivity contribution in [2.24, 2.45) is 11.7 Å². The van der Waals surface area contributed by atoms with Gasteiger partial charge in [-0.3, -0.25) is 4.79 Å². The molecule has 1 aromatic rings. The van der Waals surface area contributed by atoms with E-state index in [1.807, 2.05) is 9.58 Å². The van der Waals surface area contributed by atoms with Gasteiger partial charge in [-0.15, -0.1) is 0 Å². The standard InChI is InChI=1S/C13H23N5O/c1-10(2)6-12(14)13(19)17-5-3-4-11(7-17)18-9-15-8-16-18/h8-12H,3-7,14H2,1-2H3/t11?,12-/m0/s1. The Kier molecular flexibility index (Phi) is 4.52. The molecule has 1 saturated heterocycles. The number of amides is 1. The van der Waals surface area contributed by atoms with E-state index in [2.05, 4.69) is 23.9 Å². The number of aromatic nitrogens is 3. The van der Waals surface area contributed by atoms with E-state index in [9.17, 15) is 4.79 Å². The van der Waals surface area contributed by atoms with Crippen LogP contribution in [0.25, 0.3) is 0 Å². The van der Waals surface area contributed by atoms with Crippen molar-refractivity contribution >= 4 is 5.91 Å². The second-order valence-corrected chi connectivity index (χ2v) is 5.69. The van der Waals surface area contributed by atoms with Gasteiger partial charge in [0.2, 0.25) is 5.91 Å². The van der Waals surface area contributed by atoms with Gasteiger partial charge < -0.3 is 10.6 Å². The topological polar surface area (TPSA) is 77.0 Å². The number of piperidine rings is 1. The second kappa shape index (κ2) is 6.14. The van der Waals surface area contributed by atoms with Gasteiger partial charge in [-0.2, -0.15) is 5.10 Å². The summed E-state index contributed by atoms with van der Waals surface area (Å²) in [6, 6.07) is -0.152. The number of hydrogen-bond donors (Lipinski definition) is 1. The van der Waals surface area contributed by atoms with E-state index < -0.39 is 0 Å². The largest absolute Gasteiger partial charge is 0.339 e. The lowest BCUT2D eigenvalue weighted by atomic mass is 10.0. The van der Waals surface area contributed by atoms with Gasteiger partial charge in [0.05, 0.1) is 12.1 Å². The maximum absolute atomic E-state index is 12.3. The van der Waals surface area contributed by atoms with Crippen LogP contribution in [0.2, 0.25) is 0 Å². The minimum Gasteiger partial charge on any atom is -0.339 e. The second-order valence-electron chi connectivity index (χ2n) is 5.69. The zero-order valence-corrected chi connectivity index (χ0v) is 11.7. The molecule has 1 aromatic heterocycles. The molecule has 1 unspecified atom stereocenters. The molecule has 0 spiro atoms. The molecule has 2 N–H and O–H groups in total. The Balaban J connectivity index is 1.95. The fraction of sp³-hybridized carbons (Fsp3) is 0.769. The highest BCUT2D eigenvalue weighted by atomic mass is 16.2. The predicted molar refractivity (Wildman–Crippen MR) is 72.3 cm³/mol. The number of hydrogen-bond acceptors (Lipinski definition) is 4. The highest BCUT2D eigenvalue weighted by Gasteiger charge is 2.28. The fourth-order valence-electron chi connectivity index (χ4n) is 2.62. The summed E-state index contributed by atoms with van der Waals surface area (Å²) in [7, 11) is 0. The van der Waals surface area contributed by atoms with Crippen LogP contribution in [0, 0.1) is 5.92 Å². The Morgan fingerprint density at radius 1 is 1.53 bits per heavy atom. The van der Waals surface area contributed by atoms with E-state index in [1.54, 1.807) is 6.33 Å². The van der Waals surface area contributed by atoms with E-state index in [1.165, 1.54) is 6.33 Å². The molecular weight excluding hydrogens is 242 g/mol. The lowest BCUT2D eigenvalue weighted by Crippen LogP contribution is -2.48. The van der Waals surface area contributed by atoms with Crippen molar-refractivity contribution in [1.29, 1.82) is 0 Å². The van der Waals surface area contributed by atoms with Crippen molar-refractivity contribution in [3.8, 4) is 0 Å². The third-order valence-electron chi connectivity index (χ3n) is 3.56. The fourth-order valence-corrected chi connectivity index (χ4v) is 2.62. The number of rotatable bonds is 4. The molecule has 0 aliphatic carbocycles. The number of nitrogens with zero attached hydrogens (tertiary/aromatic N) is 4. The van der Waals surface area contributed by atoms with Gasteiger partial charge >= 0.3 is 0 Å². The molecule has 0 saturated carbocycles. The summed E-state index contributed by atoms with van der Waals surface area (Å²) in [6.45, 7) is 5.66. The van der Waals surface area contributed by atoms with E-state index in [0.29, 0.717) is 12.5 Å². The first kappa shape index (κ1) is 14.0. The molecule has 19 heavy (non-hydrogen) atoms. The Labute approximate surface area is 114 Å². The van der Waals surface area contributed by atoms with Crippen molar-refractivity contribution in [3.05, 3.63) is 12.7 Å². The average Bonchev–Trinajstić information content (AvgIpc) is 2.91. The van der Waals surface area contributed by atoms with Crippen LogP contribution in [0.5, 0.6) is 0 Å². The van der Waals surface area contributed by atoms with E-state index >= 15 is 0 Å². The Morgan fingerprint density at radius 3 is 2.95 bits per heavy atom. The average molecular weight is 265 g/mol. The molecule has 1 aliphatic rings. The molecule has 2 atom stereocenters. The number of carbonyl (C=O) groups excluding carboxylic acids is 1. The van der Waals surface area contributed by atoms with Gasteiger partial charge in [-0.25, -0.2) is 9.67 Å². The molecule has 2 rings (SSSR count). The van der Waals surface area contributed by atoms with Crippen LogP contribution in [-0.4, -0.2) is 44.7 Å². The molecule has 6 heteroatoms. The molecule has 6 nitrogen and oxygen atoms in total. The summed E-state index contributed by atoms with van der Waals surface area (Å²) in [5.41, 5.74) is 5.99. The van der Waals surface area contributed by atoms with Crippen molar-refractivity contribution in [2.75, 3.05) is 13.1 Å². The maximum Gasteiger partial charge on any atom is 0.239 e. The summed E-state index contributed by atoms with van der Waals surface area (Å²) in [6.07, 6.45) is 6.01. The smallest absolute Gasteiger partial charge is 0.239 e. The van der Waals surface area contributed by atoms with Crippen molar-refractivity contribution in [3.63, 3.8) is 0 Å². The van der Waals surface area contributed by atoms with Crippen LogP contribution in [0.15, 0.2) is 12.7 Å². The molecule has 106 valence electrons. The number of carbonyl (C=O) groups is 1. The zero-order chi connectivity index (χ0) is 13.8. The molecular formula is C13H23N5O. The number of likely N-dealkylation sites (tertiary alicyclic amines) is 1. The van der Waals surface area contributed by atoms with E-state index in [-0.39, 0.29) is 18.0 Å². The Morgan fingerprint density at radius 2 is 2.32 bits per heavy atom. The molecule has 0 bridgehead atoms. The van der Waals surface area contributed by atoms with Gasteiger partial charge in [0, 0.05) is 13.1 Å². The van der Waals surface area contributed by atoms with Gasteiger partial charge in [0.15, 0.2) is 0 Å². The highest BCUT2D eigenvalue weighted by molar-refractivity contribution is 5.81. The van der Waals surface area contributed by atoms with E-state index in [0.717, 1.165) is 25.8 Å². The van der Waals surface area contributed by atoms with Gasteiger partial charge in [0.1, 0.15) is 12.7 Å². The molecule has 0 aromatic carbocycles. The van der Waals surface area contributed by atoms with Crippen LogP contribution in [-0.2, 0) is 4.79 Å². The van der Waals surface area contributed by atoms with Crippen molar-refractivity contribution in [1.82, 2.24) is 19.7 Å². The monoisotopic (exact) mass is 265 g/mol. The molecule has 2 heterocycles. The third kappa shape index (κ3) is 3.53. The summed E-state index contributed by atoms with van der Waals surface area (Å²) in [5.74, 6) is 0.508. The van der Waals surface area contributed by atoms with Crippen LogP contribution in [0.3, 0.4) is 0 Å². The third-order valence-corrected chi connectivity index (χ3v) is 3.56.